The molecule has 0 nitrogen and oxygen atoms in total. The Balaban J connectivity index is 3.02. The second-order valence-corrected chi connectivity index (χ2v) is 7.29. The maximum absolute atomic E-state index is 4.32. The summed E-state index contributed by atoms with van der Waals surface area (Å²) in [5, 5.41) is 0. The van der Waals surface area contributed by atoms with Crippen molar-refractivity contribution in [3.05, 3.63) is 0 Å². The van der Waals surface area contributed by atoms with Gasteiger partial charge in [-0.15, -0.1) is 0 Å². The Hall–Kier alpha value is 1.40. The Labute approximate surface area is 89.5 Å². The summed E-state index contributed by atoms with van der Waals surface area (Å²) in [7, 11) is 0. The minimum Gasteiger partial charge on any atom is -0.161 e. The number of hydrogen-bond donors (Lipinski definition) is 2. The third kappa shape index (κ3) is 11.4. The molecule has 0 aliphatic rings. The molecular formula is C7H16S4. The third-order valence-corrected chi connectivity index (χ3v) is 4.13. The van der Waals surface area contributed by atoms with Gasteiger partial charge in [0.05, 0.1) is 4.08 Å². The molecule has 0 radical (unpaired) electrons. The van der Waals surface area contributed by atoms with Crippen molar-refractivity contribution >= 4 is 48.8 Å². The summed E-state index contributed by atoms with van der Waals surface area (Å²) in [6, 6.07) is 0. The summed E-state index contributed by atoms with van der Waals surface area (Å²) in [6.45, 7) is 4.22. The SMILES string of the molecule is CCSCCSCC(C)(S)S. The quantitative estimate of drug-likeness (QED) is 0.407. The second kappa shape index (κ2) is 6.87. The van der Waals surface area contributed by atoms with E-state index >= 15 is 0 Å². The van der Waals surface area contributed by atoms with Crippen LogP contribution in [0, 0.1) is 0 Å². The highest BCUT2D eigenvalue weighted by Crippen LogP contribution is 2.23. The normalized spacial score (nSPS) is 12.0. The fraction of sp³-hybridized carbons (Fsp3) is 1.00. The first-order valence-electron chi connectivity index (χ1n) is 3.66. The molecule has 0 rings (SSSR count). The Morgan fingerprint density at radius 1 is 1.18 bits per heavy atom. The van der Waals surface area contributed by atoms with Crippen LogP contribution in [0.1, 0.15) is 13.8 Å². The van der Waals surface area contributed by atoms with Gasteiger partial charge in [0.1, 0.15) is 0 Å². The van der Waals surface area contributed by atoms with Crippen LogP contribution in [-0.2, 0) is 0 Å². The summed E-state index contributed by atoms with van der Waals surface area (Å²) in [5.74, 6) is 4.71. The van der Waals surface area contributed by atoms with Crippen LogP contribution in [0.4, 0.5) is 0 Å². The van der Waals surface area contributed by atoms with Gasteiger partial charge in [-0.2, -0.15) is 48.8 Å². The van der Waals surface area contributed by atoms with E-state index in [0.29, 0.717) is 0 Å². The zero-order valence-corrected chi connectivity index (χ0v) is 10.5. The topological polar surface area (TPSA) is 0 Å². The standard InChI is InChI=1S/C7H16S4/c1-3-10-4-5-11-6-7(2,8)9/h8-9H,3-6H2,1-2H3. The van der Waals surface area contributed by atoms with Gasteiger partial charge in [-0.1, -0.05) is 6.92 Å². The summed E-state index contributed by atoms with van der Waals surface area (Å²) < 4.78 is -0.110. The molecule has 0 saturated heterocycles. The molecule has 0 aromatic carbocycles. The van der Waals surface area contributed by atoms with Crippen LogP contribution in [0.25, 0.3) is 0 Å². The molecule has 0 aromatic rings. The van der Waals surface area contributed by atoms with E-state index in [1.165, 1.54) is 17.3 Å². The van der Waals surface area contributed by atoms with Crippen molar-refractivity contribution in [2.75, 3.05) is 23.0 Å². The molecule has 0 amide bonds. The van der Waals surface area contributed by atoms with Gasteiger partial charge in [0.15, 0.2) is 0 Å². The Kier molecular flexibility index (Phi) is 7.74. The summed E-state index contributed by atoms with van der Waals surface area (Å²) in [5.41, 5.74) is 0. The zero-order valence-electron chi connectivity index (χ0n) is 7.04. The first kappa shape index (κ1) is 12.4. The largest absolute Gasteiger partial charge is 0.161 e. The number of thioether (sulfide) groups is 2. The second-order valence-electron chi connectivity index (χ2n) is 2.47. The molecule has 0 atom stereocenters. The van der Waals surface area contributed by atoms with Crippen molar-refractivity contribution in [1.29, 1.82) is 0 Å². The molecule has 0 aliphatic carbocycles. The van der Waals surface area contributed by atoms with Crippen molar-refractivity contribution < 1.29 is 0 Å². The molecule has 0 saturated carbocycles. The van der Waals surface area contributed by atoms with E-state index in [1.54, 1.807) is 0 Å². The first-order valence-corrected chi connectivity index (χ1v) is 6.87. The van der Waals surface area contributed by atoms with Crippen LogP contribution in [0.2, 0.25) is 0 Å². The van der Waals surface area contributed by atoms with Crippen LogP contribution < -0.4 is 0 Å². The van der Waals surface area contributed by atoms with Crippen LogP contribution >= 0.6 is 48.8 Å². The van der Waals surface area contributed by atoms with E-state index < -0.39 is 0 Å². The van der Waals surface area contributed by atoms with Gasteiger partial charge < -0.3 is 0 Å². The van der Waals surface area contributed by atoms with Crippen molar-refractivity contribution in [1.82, 2.24) is 0 Å². The van der Waals surface area contributed by atoms with Gasteiger partial charge in [0, 0.05) is 17.3 Å². The fourth-order valence-electron chi connectivity index (χ4n) is 0.528. The van der Waals surface area contributed by atoms with E-state index in [2.05, 4.69) is 32.2 Å². The molecular weight excluding hydrogens is 212 g/mol. The predicted octanol–water partition coefficient (Wildman–Crippen LogP) is 3.05. The van der Waals surface area contributed by atoms with Gasteiger partial charge >= 0.3 is 0 Å². The van der Waals surface area contributed by atoms with E-state index in [9.17, 15) is 0 Å². The van der Waals surface area contributed by atoms with Crippen molar-refractivity contribution in [3.63, 3.8) is 0 Å². The molecule has 0 aliphatic heterocycles. The van der Waals surface area contributed by atoms with E-state index in [1.807, 2.05) is 30.4 Å². The molecule has 0 N–H and O–H groups in total. The summed E-state index contributed by atoms with van der Waals surface area (Å²) >= 11 is 12.5. The molecule has 0 bridgehead atoms. The molecule has 68 valence electrons. The molecule has 0 spiro atoms. The van der Waals surface area contributed by atoms with Gasteiger partial charge in [-0.3, -0.25) is 0 Å². The lowest BCUT2D eigenvalue weighted by molar-refractivity contribution is 1.07. The van der Waals surface area contributed by atoms with Crippen LogP contribution in [0.15, 0.2) is 0 Å². The van der Waals surface area contributed by atoms with Gasteiger partial charge in [0.25, 0.3) is 0 Å². The molecule has 0 fully saturated rings. The van der Waals surface area contributed by atoms with Crippen LogP contribution in [-0.4, -0.2) is 27.1 Å². The number of rotatable bonds is 6. The molecule has 4 heteroatoms. The van der Waals surface area contributed by atoms with Gasteiger partial charge in [0.2, 0.25) is 0 Å². The predicted molar refractivity (Wildman–Crippen MR) is 66.7 cm³/mol. The lowest BCUT2D eigenvalue weighted by Gasteiger charge is -2.14. The van der Waals surface area contributed by atoms with Gasteiger partial charge in [-0.25, -0.2) is 0 Å². The van der Waals surface area contributed by atoms with Gasteiger partial charge in [-0.05, 0) is 12.7 Å². The molecule has 0 unspecified atom stereocenters. The minimum atomic E-state index is -0.110. The maximum atomic E-state index is 4.32. The van der Waals surface area contributed by atoms with Crippen molar-refractivity contribution in [3.8, 4) is 0 Å². The van der Waals surface area contributed by atoms with Crippen LogP contribution in [0.3, 0.4) is 0 Å². The highest BCUT2D eigenvalue weighted by Gasteiger charge is 2.11. The maximum Gasteiger partial charge on any atom is 0.0613 e. The average molecular weight is 228 g/mol. The Bertz CT molecular complexity index is 86.9. The average Bonchev–Trinajstić information content (AvgIpc) is 1.85. The number of thiol groups is 2. The number of hydrogen-bond acceptors (Lipinski definition) is 4. The van der Waals surface area contributed by atoms with Crippen molar-refractivity contribution in [2.45, 2.75) is 17.9 Å². The molecule has 0 heterocycles. The molecule has 11 heavy (non-hydrogen) atoms. The lowest BCUT2D eigenvalue weighted by Crippen LogP contribution is -2.10. The Morgan fingerprint density at radius 3 is 2.18 bits per heavy atom. The summed E-state index contributed by atoms with van der Waals surface area (Å²) in [4.78, 5) is 0. The minimum absolute atomic E-state index is 0.110. The van der Waals surface area contributed by atoms with E-state index in [-0.39, 0.29) is 4.08 Å². The summed E-state index contributed by atoms with van der Waals surface area (Å²) in [6.07, 6.45) is 0. The monoisotopic (exact) mass is 228 g/mol. The molecule has 0 aromatic heterocycles. The third-order valence-electron chi connectivity index (χ3n) is 0.952. The fourth-order valence-corrected chi connectivity index (χ4v) is 2.84. The zero-order chi connectivity index (χ0) is 8.74. The highest BCUT2D eigenvalue weighted by atomic mass is 32.2. The van der Waals surface area contributed by atoms with E-state index in [4.69, 9.17) is 0 Å². The lowest BCUT2D eigenvalue weighted by atomic mass is 10.5. The Morgan fingerprint density at radius 2 is 1.73 bits per heavy atom. The van der Waals surface area contributed by atoms with E-state index in [0.717, 1.165) is 5.75 Å². The van der Waals surface area contributed by atoms with Crippen LogP contribution in [0.5, 0.6) is 0 Å². The highest BCUT2D eigenvalue weighted by molar-refractivity contribution is 8.06. The smallest absolute Gasteiger partial charge is 0.0613 e. The first-order chi connectivity index (χ1) is 5.06. The van der Waals surface area contributed by atoms with Crippen molar-refractivity contribution in [2.24, 2.45) is 0 Å².